The highest BCUT2D eigenvalue weighted by molar-refractivity contribution is 5.91. The number of ether oxygens (including phenoxy) is 1. The van der Waals surface area contributed by atoms with Gasteiger partial charge in [-0.2, -0.15) is 0 Å². The van der Waals surface area contributed by atoms with Gasteiger partial charge in [0.25, 0.3) is 5.91 Å². The lowest BCUT2D eigenvalue weighted by molar-refractivity contribution is -0.897. The molecule has 0 radical (unpaired) electrons. The minimum Gasteiger partial charge on any atom is -0.469 e. The standard InChI is InChI=1S/C19H28N2O3/c1-19(2,3)15-5-7-16(8-6-15)20-17(22)13-21-11-9-14(10-12-21)18(23)24-4/h5-8,14H,9-13H2,1-4H3,(H,20,22)/p+1. The number of benzene rings is 1. The highest BCUT2D eigenvalue weighted by atomic mass is 16.5. The van der Waals surface area contributed by atoms with Gasteiger partial charge in [-0.15, -0.1) is 0 Å². The minimum atomic E-state index is -0.127. The number of carbonyl (C=O) groups is 2. The lowest BCUT2D eigenvalue weighted by Gasteiger charge is -2.27. The summed E-state index contributed by atoms with van der Waals surface area (Å²) in [5.41, 5.74) is 2.18. The van der Waals surface area contributed by atoms with Gasteiger partial charge in [0.15, 0.2) is 6.54 Å². The molecular weight excluding hydrogens is 304 g/mol. The summed E-state index contributed by atoms with van der Waals surface area (Å²) in [4.78, 5) is 25.0. The fourth-order valence-corrected chi connectivity index (χ4v) is 3.09. The smallest absolute Gasteiger partial charge is 0.309 e. The Balaban J connectivity index is 1.81. The summed E-state index contributed by atoms with van der Waals surface area (Å²) in [7, 11) is 1.43. The third-order valence-corrected chi connectivity index (χ3v) is 4.67. The van der Waals surface area contributed by atoms with E-state index in [-0.39, 0.29) is 23.2 Å². The topological polar surface area (TPSA) is 59.8 Å². The van der Waals surface area contributed by atoms with Crippen molar-refractivity contribution in [3.63, 3.8) is 0 Å². The van der Waals surface area contributed by atoms with Crippen LogP contribution in [0.25, 0.3) is 0 Å². The van der Waals surface area contributed by atoms with Gasteiger partial charge in [-0.1, -0.05) is 32.9 Å². The van der Waals surface area contributed by atoms with E-state index in [0.717, 1.165) is 31.6 Å². The van der Waals surface area contributed by atoms with Crippen molar-refractivity contribution in [2.45, 2.75) is 39.0 Å². The molecule has 1 aliphatic heterocycles. The van der Waals surface area contributed by atoms with Crippen LogP contribution in [0.15, 0.2) is 24.3 Å². The predicted molar refractivity (Wildman–Crippen MR) is 94.1 cm³/mol. The summed E-state index contributed by atoms with van der Waals surface area (Å²) in [6.45, 7) is 8.60. The molecule has 0 saturated carbocycles. The average Bonchev–Trinajstić information content (AvgIpc) is 2.54. The fraction of sp³-hybridized carbons (Fsp3) is 0.579. The van der Waals surface area contributed by atoms with E-state index in [1.165, 1.54) is 17.6 Å². The Morgan fingerprint density at radius 1 is 1.17 bits per heavy atom. The Labute approximate surface area is 144 Å². The second-order valence-electron chi connectivity index (χ2n) is 7.60. The lowest BCUT2D eigenvalue weighted by atomic mass is 9.87. The molecule has 1 fully saturated rings. The second-order valence-corrected chi connectivity index (χ2v) is 7.60. The molecule has 0 aliphatic carbocycles. The van der Waals surface area contributed by atoms with E-state index >= 15 is 0 Å². The summed E-state index contributed by atoms with van der Waals surface area (Å²) in [5, 5.41) is 2.96. The van der Waals surface area contributed by atoms with Gasteiger partial charge in [-0.05, 0) is 23.1 Å². The zero-order chi connectivity index (χ0) is 17.7. The van der Waals surface area contributed by atoms with E-state index in [9.17, 15) is 9.59 Å². The maximum atomic E-state index is 12.2. The monoisotopic (exact) mass is 333 g/mol. The number of anilines is 1. The van der Waals surface area contributed by atoms with Gasteiger partial charge in [0.2, 0.25) is 0 Å². The quantitative estimate of drug-likeness (QED) is 0.819. The summed E-state index contributed by atoms with van der Waals surface area (Å²) >= 11 is 0. The molecule has 5 heteroatoms. The van der Waals surface area contributed by atoms with Gasteiger partial charge in [0.05, 0.1) is 26.1 Å². The first-order valence-electron chi connectivity index (χ1n) is 8.61. The number of quaternary nitrogens is 1. The molecule has 0 aromatic heterocycles. The average molecular weight is 333 g/mol. The summed E-state index contributed by atoms with van der Waals surface area (Å²) in [6, 6.07) is 8.03. The van der Waals surface area contributed by atoms with E-state index in [4.69, 9.17) is 4.74 Å². The number of hydrogen-bond acceptors (Lipinski definition) is 3. The van der Waals surface area contributed by atoms with Gasteiger partial charge in [0.1, 0.15) is 0 Å². The first-order valence-corrected chi connectivity index (χ1v) is 8.61. The number of carbonyl (C=O) groups excluding carboxylic acids is 2. The Kier molecular flexibility index (Phi) is 5.99. The first-order chi connectivity index (χ1) is 11.3. The largest absolute Gasteiger partial charge is 0.469 e. The van der Waals surface area contributed by atoms with Gasteiger partial charge >= 0.3 is 5.97 Å². The van der Waals surface area contributed by atoms with E-state index in [2.05, 4.69) is 38.2 Å². The van der Waals surface area contributed by atoms with Crippen molar-refractivity contribution in [2.24, 2.45) is 5.92 Å². The van der Waals surface area contributed by atoms with Crippen LogP contribution in [0.5, 0.6) is 0 Å². The summed E-state index contributed by atoms with van der Waals surface area (Å²) in [5.74, 6) is -0.116. The molecule has 0 bridgehead atoms. The van der Waals surface area contributed by atoms with Crippen LogP contribution in [0.1, 0.15) is 39.2 Å². The van der Waals surface area contributed by atoms with Crippen LogP contribution in [-0.4, -0.2) is 38.6 Å². The van der Waals surface area contributed by atoms with Crippen LogP contribution >= 0.6 is 0 Å². The molecule has 1 heterocycles. The third-order valence-electron chi connectivity index (χ3n) is 4.67. The number of rotatable bonds is 4. The van der Waals surface area contributed by atoms with E-state index in [0.29, 0.717) is 6.54 Å². The number of nitrogens with one attached hydrogen (secondary N) is 2. The van der Waals surface area contributed by atoms with Gasteiger partial charge in [0, 0.05) is 18.5 Å². The van der Waals surface area contributed by atoms with Crippen molar-refractivity contribution in [3.05, 3.63) is 29.8 Å². The zero-order valence-corrected chi connectivity index (χ0v) is 15.1. The number of hydrogen-bond donors (Lipinski definition) is 2. The van der Waals surface area contributed by atoms with E-state index in [1.54, 1.807) is 0 Å². The van der Waals surface area contributed by atoms with Crippen LogP contribution in [0.4, 0.5) is 5.69 Å². The molecule has 5 nitrogen and oxygen atoms in total. The molecule has 1 aromatic carbocycles. The molecule has 0 unspecified atom stereocenters. The molecule has 1 aliphatic rings. The number of piperidine rings is 1. The Bertz CT molecular complexity index is 567. The molecule has 0 spiro atoms. The van der Waals surface area contributed by atoms with Crippen molar-refractivity contribution >= 4 is 17.6 Å². The van der Waals surface area contributed by atoms with Crippen LogP contribution in [-0.2, 0) is 19.7 Å². The van der Waals surface area contributed by atoms with Crippen molar-refractivity contribution < 1.29 is 19.2 Å². The van der Waals surface area contributed by atoms with Crippen LogP contribution in [0.3, 0.4) is 0 Å². The van der Waals surface area contributed by atoms with Gasteiger partial charge in [-0.3, -0.25) is 9.59 Å². The molecule has 0 atom stereocenters. The molecule has 1 aromatic rings. The Morgan fingerprint density at radius 3 is 2.25 bits per heavy atom. The third kappa shape index (κ3) is 5.06. The fourth-order valence-electron chi connectivity index (χ4n) is 3.09. The first kappa shape index (κ1) is 18.5. The number of likely N-dealkylation sites (tertiary alicyclic amines) is 1. The van der Waals surface area contributed by atoms with E-state index < -0.39 is 0 Å². The maximum Gasteiger partial charge on any atom is 0.309 e. The molecule has 2 rings (SSSR count). The zero-order valence-electron chi connectivity index (χ0n) is 15.1. The molecule has 132 valence electrons. The van der Waals surface area contributed by atoms with E-state index in [1.807, 2.05) is 12.1 Å². The Hall–Kier alpha value is -1.88. The second kappa shape index (κ2) is 7.79. The van der Waals surface area contributed by atoms with Crippen LogP contribution in [0, 0.1) is 5.92 Å². The van der Waals surface area contributed by atoms with Gasteiger partial charge < -0.3 is 15.0 Å². The molecule has 1 saturated heterocycles. The number of methoxy groups -OCH3 is 1. The van der Waals surface area contributed by atoms with Crippen molar-refractivity contribution in [3.8, 4) is 0 Å². The van der Waals surface area contributed by atoms with Crippen molar-refractivity contribution in [1.29, 1.82) is 0 Å². The highest BCUT2D eigenvalue weighted by Crippen LogP contribution is 2.23. The van der Waals surface area contributed by atoms with Crippen LogP contribution < -0.4 is 10.2 Å². The van der Waals surface area contributed by atoms with Crippen molar-refractivity contribution in [1.82, 2.24) is 0 Å². The molecular formula is C19H29N2O3+. The minimum absolute atomic E-state index is 0.00764. The highest BCUT2D eigenvalue weighted by Gasteiger charge is 2.29. The normalized spacial score (nSPS) is 21.2. The van der Waals surface area contributed by atoms with Crippen molar-refractivity contribution in [2.75, 3.05) is 32.1 Å². The SMILES string of the molecule is COC(=O)C1CC[NH+](CC(=O)Nc2ccc(C(C)(C)C)cc2)CC1. The maximum absolute atomic E-state index is 12.2. The summed E-state index contributed by atoms with van der Waals surface area (Å²) < 4.78 is 4.79. The summed E-state index contributed by atoms with van der Waals surface area (Å²) in [6.07, 6.45) is 1.57. The lowest BCUT2D eigenvalue weighted by Crippen LogP contribution is -3.14. The molecule has 24 heavy (non-hydrogen) atoms. The molecule has 2 N–H and O–H groups in total. The number of esters is 1. The predicted octanol–water partition coefficient (Wildman–Crippen LogP) is 1.39. The van der Waals surface area contributed by atoms with Gasteiger partial charge in [-0.25, -0.2) is 0 Å². The molecule has 1 amide bonds. The number of amides is 1. The van der Waals surface area contributed by atoms with Crippen LogP contribution in [0.2, 0.25) is 0 Å². The Morgan fingerprint density at radius 2 is 1.75 bits per heavy atom.